The predicted octanol–water partition coefficient (Wildman–Crippen LogP) is 2.52. The molecule has 19 heavy (non-hydrogen) atoms. The Morgan fingerprint density at radius 2 is 2.26 bits per heavy atom. The van der Waals surface area contributed by atoms with Crippen LogP contribution in [0.15, 0.2) is 33.9 Å². The van der Waals surface area contributed by atoms with E-state index >= 15 is 0 Å². The van der Waals surface area contributed by atoms with Crippen molar-refractivity contribution in [3.8, 4) is 0 Å². The number of aliphatic hydroxyl groups excluding tert-OH is 1. The first-order valence-corrected chi connectivity index (χ1v) is 8.78. The van der Waals surface area contributed by atoms with Crippen LogP contribution in [-0.2, 0) is 10.0 Å². The molecule has 1 rings (SSSR count). The smallest absolute Gasteiger partial charge is 0.250 e. The molecule has 0 aliphatic rings. The molecule has 0 fully saturated rings. The number of unbranched alkanes of at least 4 members (excludes halogenated alkanes) is 2. The predicted molar refractivity (Wildman–Crippen MR) is 78.8 cm³/mol. The van der Waals surface area contributed by atoms with Gasteiger partial charge in [-0.25, -0.2) is 13.1 Å². The van der Waals surface area contributed by atoms with Gasteiger partial charge in [-0.3, -0.25) is 0 Å². The molecular weight excluding hydrogens is 282 g/mol. The number of hydrogen-bond acceptors (Lipinski definition) is 4. The summed E-state index contributed by atoms with van der Waals surface area (Å²) in [7, 11) is -3.47. The maximum atomic E-state index is 11.8. The minimum atomic E-state index is -3.47. The fraction of sp³-hybridized carbons (Fsp3) is 0.538. The molecule has 0 spiro atoms. The molecule has 1 aromatic rings. The molecule has 0 amide bonds. The molecule has 1 atom stereocenters. The highest BCUT2D eigenvalue weighted by Crippen LogP contribution is 2.15. The lowest BCUT2D eigenvalue weighted by molar-refractivity contribution is 0.181. The Morgan fingerprint density at radius 3 is 2.89 bits per heavy atom. The van der Waals surface area contributed by atoms with E-state index < -0.39 is 16.1 Å². The zero-order chi connectivity index (χ0) is 14.1. The Kier molecular flexibility index (Phi) is 7.30. The molecule has 0 saturated heterocycles. The quantitative estimate of drug-likeness (QED) is 0.544. The van der Waals surface area contributed by atoms with Gasteiger partial charge >= 0.3 is 0 Å². The largest absolute Gasteiger partial charge is 0.391 e. The minimum Gasteiger partial charge on any atom is -0.391 e. The number of nitrogens with one attached hydrogen (secondary N) is 1. The third-order valence-electron chi connectivity index (χ3n) is 2.57. The highest BCUT2D eigenvalue weighted by Gasteiger charge is 2.15. The monoisotopic (exact) mass is 303 g/mol. The average Bonchev–Trinajstić information content (AvgIpc) is 2.91. The Bertz CT molecular complexity index is 466. The fourth-order valence-corrected chi connectivity index (χ4v) is 3.58. The van der Waals surface area contributed by atoms with Crippen molar-refractivity contribution in [1.29, 1.82) is 0 Å². The summed E-state index contributed by atoms with van der Waals surface area (Å²) < 4.78 is 26.3. The summed E-state index contributed by atoms with van der Waals surface area (Å²) in [6.07, 6.45) is 7.00. The van der Waals surface area contributed by atoms with Gasteiger partial charge in [-0.05, 0) is 24.3 Å². The van der Waals surface area contributed by atoms with E-state index in [0.29, 0.717) is 6.42 Å². The summed E-state index contributed by atoms with van der Waals surface area (Å²) in [6, 6.07) is 3.23. The summed E-state index contributed by atoms with van der Waals surface area (Å²) in [5, 5.41) is 11.4. The van der Waals surface area contributed by atoms with Gasteiger partial charge in [-0.1, -0.05) is 38.0 Å². The van der Waals surface area contributed by atoms with E-state index in [9.17, 15) is 13.5 Å². The van der Waals surface area contributed by atoms with Crippen LogP contribution < -0.4 is 4.72 Å². The SMILES string of the molecule is CCCCC=CC[C@@H](O)CNS(=O)(=O)c1cccs1. The Balaban J connectivity index is 2.30. The lowest BCUT2D eigenvalue weighted by Gasteiger charge is -2.09. The molecule has 108 valence electrons. The van der Waals surface area contributed by atoms with E-state index in [1.165, 1.54) is 0 Å². The van der Waals surface area contributed by atoms with Crippen LogP contribution >= 0.6 is 11.3 Å². The van der Waals surface area contributed by atoms with E-state index in [-0.39, 0.29) is 10.8 Å². The van der Waals surface area contributed by atoms with Crippen LogP contribution in [0, 0.1) is 0 Å². The third kappa shape index (κ3) is 6.33. The number of thiophene rings is 1. The fourth-order valence-electron chi connectivity index (χ4n) is 1.47. The second-order valence-corrected chi connectivity index (χ2v) is 7.23. The van der Waals surface area contributed by atoms with Crippen molar-refractivity contribution in [3.05, 3.63) is 29.7 Å². The molecule has 0 aromatic carbocycles. The van der Waals surface area contributed by atoms with Gasteiger partial charge in [-0.15, -0.1) is 11.3 Å². The molecule has 0 saturated carbocycles. The zero-order valence-electron chi connectivity index (χ0n) is 11.1. The number of hydrogen-bond donors (Lipinski definition) is 2. The standard InChI is InChI=1S/C13H21NO3S2/c1-2-3-4-5-6-8-12(15)11-14-19(16,17)13-9-7-10-18-13/h5-7,9-10,12,14-15H,2-4,8,11H2,1H3/t12-/m1/s1. The van der Waals surface area contributed by atoms with E-state index in [2.05, 4.69) is 11.6 Å². The molecule has 6 heteroatoms. The van der Waals surface area contributed by atoms with E-state index in [1.807, 2.05) is 12.2 Å². The number of sulfonamides is 1. The van der Waals surface area contributed by atoms with Crippen LogP contribution in [0.2, 0.25) is 0 Å². The van der Waals surface area contributed by atoms with Crippen molar-refractivity contribution < 1.29 is 13.5 Å². The highest BCUT2D eigenvalue weighted by atomic mass is 32.2. The van der Waals surface area contributed by atoms with Crippen molar-refractivity contribution >= 4 is 21.4 Å². The van der Waals surface area contributed by atoms with Crippen LogP contribution in [0.5, 0.6) is 0 Å². The van der Waals surface area contributed by atoms with Crippen LogP contribution in [0.25, 0.3) is 0 Å². The van der Waals surface area contributed by atoms with Gasteiger partial charge < -0.3 is 5.11 Å². The van der Waals surface area contributed by atoms with Crippen LogP contribution in [0.4, 0.5) is 0 Å². The van der Waals surface area contributed by atoms with Gasteiger partial charge in [0.1, 0.15) is 4.21 Å². The summed E-state index contributed by atoms with van der Waals surface area (Å²) in [5.41, 5.74) is 0. The van der Waals surface area contributed by atoms with Gasteiger partial charge in [0.15, 0.2) is 0 Å². The number of aliphatic hydroxyl groups is 1. The first-order chi connectivity index (χ1) is 9.06. The molecular formula is C13H21NO3S2. The van der Waals surface area contributed by atoms with Gasteiger partial charge in [0, 0.05) is 6.54 Å². The maximum Gasteiger partial charge on any atom is 0.250 e. The Morgan fingerprint density at radius 1 is 1.47 bits per heavy atom. The second-order valence-electron chi connectivity index (χ2n) is 4.29. The van der Waals surface area contributed by atoms with Gasteiger partial charge in [0.25, 0.3) is 0 Å². The van der Waals surface area contributed by atoms with E-state index in [4.69, 9.17) is 0 Å². The lowest BCUT2D eigenvalue weighted by atomic mass is 10.2. The number of rotatable bonds is 9. The summed E-state index contributed by atoms with van der Waals surface area (Å²) >= 11 is 1.16. The second kappa shape index (κ2) is 8.47. The van der Waals surface area contributed by atoms with Crippen LogP contribution in [0.1, 0.15) is 32.6 Å². The van der Waals surface area contributed by atoms with Crippen molar-refractivity contribution in [2.24, 2.45) is 0 Å². The van der Waals surface area contributed by atoms with Crippen molar-refractivity contribution in [1.82, 2.24) is 4.72 Å². The molecule has 0 bridgehead atoms. The van der Waals surface area contributed by atoms with E-state index in [1.54, 1.807) is 17.5 Å². The molecule has 1 aromatic heterocycles. The lowest BCUT2D eigenvalue weighted by Crippen LogP contribution is -2.31. The maximum absolute atomic E-state index is 11.8. The normalized spacial score (nSPS) is 14.0. The third-order valence-corrected chi connectivity index (χ3v) is 5.39. The van der Waals surface area contributed by atoms with Crippen molar-refractivity contribution in [2.75, 3.05) is 6.54 Å². The van der Waals surface area contributed by atoms with Crippen LogP contribution in [0.3, 0.4) is 0 Å². The first-order valence-electron chi connectivity index (χ1n) is 6.42. The van der Waals surface area contributed by atoms with Crippen molar-refractivity contribution in [3.63, 3.8) is 0 Å². The topological polar surface area (TPSA) is 66.4 Å². The van der Waals surface area contributed by atoms with Gasteiger partial charge in [-0.2, -0.15) is 0 Å². The molecule has 0 aliphatic carbocycles. The minimum absolute atomic E-state index is 0.0400. The summed E-state index contributed by atoms with van der Waals surface area (Å²) in [6.45, 7) is 2.17. The Hall–Kier alpha value is -0.690. The van der Waals surface area contributed by atoms with E-state index in [0.717, 1.165) is 30.6 Å². The first kappa shape index (κ1) is 16.4. The summed E-state index contributed by atoms with van der Waals surface area (Å²) in [4.78, 5) is 0. The van der Waals surface area contributed by atoms with Crippen molar-refractivity contribution in [2.45, 2.75) is 42.9 Å². The average molecular weight is 303 g/mol. The number of allylic oxidation sites excluding steroid dienone is 1. The van der Waals surface area contributed by atoms with Gasteiger partial charge in [0.2, 0.25) is 10.0 Å². The van der Waals surface area contributed by atoms with Crippen LogP contribution in [-0.4, -0.2) is 26.2 Å². The summed E-state index contributed by atoms with van der Waals surface area (Å²) in [5.74, 6) is 0. The Labute approximate surface area is 119 Å². The molecule has 2 N–H and O–H groups in total. The molecule has 0 aliphatic heterocycles. The zero-order valence-corrected chi connectivity index (χ0v) is 12.7. The molecule has 0 unspecified atom stereocenters. The highest BCUT2D eigenvalue weighted by molar-refractivity contribution is 7.91. The molecule has 4 nitrogen and oxygen atoms in total. The molecule has 0 radical (unpaired) electrons. The molecule has 1 heterocycles. The van der Waals surface area contributed by atoms with Gasteiger partial charge in [0.05, 0.1) is 6.10 Å².